The Hall–Kier alpha value is -3.78. The van der Waals surface area contributed by atoms with Gasteiger partial charge >= 0.3 is 11.0 Å². The zero-order valence-corrected chi connectivity index (χ0v) is 25.1. The van der Waals surface area contributed by atoms with E-state index < -0.39 is 46.5 Å². The second-order valence-electron chi connectivity index (χ2n) is 9.85. The second kappa shape index (κ2) is 11.6. The smallest absolute Gasteiger partial charge is 0.416 e. The summed E-state index contributed by atoms with van der Waals surface area (Å²) in [7, 11) is 0. The van der Waals surface area contributed by atoms with Gasteiger partial charge in [0.25, 0.3) is 5.91 Å². The summed E-state index contributed by atoms with van der Waals surface area (Å²) in [5.74, 6) is -3.39. The number of aromatic nitrogens is 1. The summed E-state index contributed by atoms with van der Waals surface area (Å²) in [6.07, 6.45) is -4.67. The molecule has 1 saturated heterocycles. The number of fused-ring (bicyclic) bond motifs is 2. The highest BCUT2D eigenvalue weighted by Gasteiger charge is 2.56. The number of carbonyl (C=O) groups excluding carboxylic acids is 3. The molecule has 6 rings (SSSR count). The molecule has 15 heteroatoms. The third-order valence-electron chi connectivity index (χ3n) is 7.05. The highest BCUT2D eigenvalue weighted by atomic mass is 35.5. The quantitative estimate of drug-likeness (QED) is 0.223. The van der Waals surface area contributed by atoms with Gasteiger partial charge in [0.2, 0.25) is 11.8 Å². The van der Waals surface area contributed by atoms with E-state index in [1.165, 1.54) is 18.2 Å². The second-order valence-corrected chi connectivity index (χ2v) is 12.8. The lowest BCUT2D eigenvalue weighted by molar-refractivity contribution is -0.137. The summed E-state index contributed by atoms with van der Waals surface area (Å²) in [6.45, 7) is -0.375. The van der Waals surface area contributed by atoms with E-state index >= 15 is 0 Å². The minimum Gasteiger partial charge on any atom is -0.484 e. The highest BCUT2D eigenvalue weighted by molar-refractivity contribution is 8.00. The number of rotatable bonds is 6. The van der Waals surface area contributed by atoms with Gasteiger partial charge in [0.15, 0.2) is 6.61 Å². The maximum absolute atomic E-state index is 13.9. The third-order valence-corrected chi connectivity index (χ3v) is 10.2. The van der Waals surface area contributed by atoms with Crippen LogP contribution in [0.25, 0.3) is 0 Å². The fourth-order valence-electron chi connectivity index (χ4n) is 5.17. The molecule has 3 aromatic carbocycles. The molecule has 1 fully saturated rings. The average Bonchev–Trinajstić information content (AvgIpc) is 3.47. The Labute approximate surface area is 265 Å². The van der Waals surface area contributed by atoms with Crippen LogP contribution in [0.1, 0.15) is 21.9 Å². The van der Waals surface area contributed by atoms with Gasteiger partial charge in [0, 0.05) is 16.5 Å². The van der Waals surface area contributed by atoms with Crippen molar-refractivity contribution in [3.8, 4) is 5.75 Å². The lowest BCUT2D eigenvalue weighted by Gasteiger charge is -2.30. The van der Waals surface area contributed by atoms with Gasteiger partial charge in [-0.05, 0) is 54.1 Å². The maximum Gasteiger partial charge on any atom is 0.416 e. The molecule has 8 nitrogen and oxygen atoms in total. The van der Waals surface area contributed by atoms with E-state index in [-0.39, 0.29) is 27.9 Å². The van der Waals surface area contributed by atoms with E-state index in [0.29, 0.717) is 26.2 Å². The van der Waals surface area contributed by atoms with Gasteiger partial charge < -0.3 is 15.0 Å². The van der Waals surface area contributed by atoms with Crippen molar-refractivity contribution in [3.63, 3.8) is 0 Å². The first-order valence-corrected chi connectivity index (χ1v) is 15.3. The number of nitrogens with one attached hydrogen (secondary N) is 2. The zero-order valence-electron chi connectivity index (χ0n) is 22.0. The molecule has 226 valence electrons. The van der Waals surface area contributed by atoms with Crippen LogP contribution in [0.3, 0.4) is 0 Å². The van der Waals surface area contributed by atoms with Crippen molar-refractivity contribution in [1.29, 1.82) is 0 Å². The Morgan fingerprint density at radius 3 is 2.50 bits per heavy atom. The fourth-order valence-corrected chi connectivity index (χ4v) is 7.98. The van der Waals surface area contributed by atoms with Crippen LogP contribution in [0.4, 0.5) is 24.5 Å². The summed E-state index contributed by atoms with van der Waals surface area (Å²) in [5, 5.41) is 2.65. The van der Waals surface area contributed by atoms with Crippen LogP contribution >= 0.6 is 46.3 Å². The summed E-state index contributed by atoms with van der Waals surface area (Å²) in [6, 6.07) is 15.2. The number of aromatic amines is 1. The molecule has 0 spiro atoms. The van der Waals surface area contributed by atoms with Crippen LogP contribution in [0, 0.1) is 5.92 Å². The highest BCUT2D eigenvalue weighted by Crippen LogP contribution is 2.53. The minimum atomic E-state index is -4.67. The monoisotopic (exact) mass is 679 g/mol. The molecule has 3 amide bonds. The van der Waals surface area contributed by atoms with Crippen molar-refractivity contribution >= 4 is 75.4 Å². The predicted molar refractivity (Wildman–Crippen MR) is 161 cm³/mol. The van der Waals surface area contributed by atoms with Crippen molar-refractivity contribution in [2.24, 2.45) is 5.92 Å². The SMILES string of the molecule is O=C(COc1cccc([C@@H]2c3sc(=O)[nH]c3S[C@H]3C(=O)N(c4cccc(C(F)(F)F)c4)C(=O)[C@@H]23)c1)Nc1ccc(Cl)c(Cl)c1. The number of halogens is 5. The molecule has 2 aliphatic rings. The largest absolute Gasteiger partial charge is 0.484 e. The topological polar surface area (TPSA) is 109 Å². The summed E-state index contributed by atoms with van der Waals surface area (Å²) in [4.78, 5) is 55.9. The number of thioether (sulfide) groups is 1. The van der Waals surface area contributed by atoms with E-state index in [4.69, 9.17) is 27.9 Å². The molecule has 0 saturated carbocycles. The first-order chi connectivity index (χ1) is 20.9. The number of alkyl halides is 3. The Balaban J connectivity index is 1.29. The normalized spacial score (nSPS) is 19.5. The Kier molecular flexibility index (Phi) is 7.99. The van der Waals surface area contributed by atoms with Gasteiger partial charge in [0.05, 0.1) is 32.2 Å². The minimum absolute atomic E-state index is 0.189. The lowest BCUT2D eigenvalue weighted by Crippen LogP contribution is -2.32. The number of thiazole rings is 1. The Bertz CT molecular complexity index is 1880. The molecule has 0 unspecified atom stereocenters. The van der Waals surface area contributed by atoms with Crippen LogP contribution in [0.5, 0.6) is 5.75 Å². The Morgan fingerprint density at radius 1 is 0.977 bits per heavy atom. The Morgan fingerprint density at radius 2 is 1.75 bits per heavy atom. The number of amides is 3. The third kappa shape index (κ3) is 5.72. The lowest BCUT2D eigenvalue weighted by atomic mass is 9.83. The van der Waals surface area contributed by atoms with E-state index in [2.05, 4.69) is 10.3 Å². The van der Waals surface area contributed by atoms with Crippen molar-refractivity contribution < 1.29 is 32.3 Å². The van der Waals surface area contributed by atoms with E-state index in [1.807, 2.05) is 0 Å². The standard InChI is InChI=1S/C29H18Cl2F3N3O5S2/c30-18-8-7-15(11-19(18)31)35-20(38)12-42-17-6-1-3-13(9-17)21-22-24(43-25-23(21)44-28(41)36-25)27(40)37(26(22)39)16-5-2-4-14(10-16)29(32,33)34/h1-11,21-22,24H,12H2,(H,35,38)(H,36,41)/t21-,22-,24+/m0/s1. The zero-order chi connectivity index (χ0) is 31.3. The first-order valence-electron chi connectivity index (χ1n) is 12.8. The van der Waals surface area contributed by atoms with Crippen molar-refractivity contribution in [2.75, 3.05) is 16.8 Å². The van der Waals surface area contributed by atoms with Crippen LogP contribution in [0.15, 0.2) is 76.6 Å². The molecule has 0 bridgehead atoms. The van der Waals surface area contributed by atoms with E-state index in [1.54, 1.807) is 30.3 Å². The fraction of sp³-hybridized carbons (Fsp3) is 0.172. The van der Waals surface area contributed by atoms with Crippen molar-refractivity contribution in [3.05, 3.63) is 102 Å². The number of H-pyrrole nitrogens is 1. The molecule has 4 aromatic rings. The van der Waals surface area contributed by atoms with Gasteiger partial charge in [-0.2, -0.15) is 13.2 Å². The predicted octanol–water partition coefficient (Wildman–Crippen LogP) is 6.58. The molecule has 0 radical (unpaired) electrons. The maximum atomic E-state index is 13.9. The summed E-state index contributed by atoms with van der Waals surface area (Å²) in [5.41, 5.74) is -0.250. The van der Waals surface area contributed by atoms with Crippen LogP contribution in [-0.2, 0) is 20.6 Å². The van der Waals surface area contributed by atoms with Crippen LogP contribution < -0.4 is 19.8 Å². The number of hydrogen-bond acceptors (Lipinski definition) is 7. The molecule has 2 N–H and O–H groups in total. The first kappa shape index (κ1) is 30.3. The van der Waals surface area contributed by atoms with Crippen LogP contribution in [0.2, 0.25) is 10.0 Å². The molecular weight excluding hydrogens is 662 g/mol. The summed E-state index contributed by atoms with van der Waals surface area (Å²) < 4.78 is 46.0. The van der Waals surface area contributed by atoms with Gasteiger partial charge in [0.1, 0.15) is 11.0 Å². The molecule has 3 atom stereocenters. The van der Waals surface area contributed by atoms with E-state index in [9.17, 15) is 32.3 Å². The van der Waals surface area contributed by atoms with Gasteiger partial charge in [-0.15, -0.1) is 0 Å². The van der Waals surface area contributed by atoms with E-state index in [0.717, 1.165) is 46.2 Å². The number of nitrogens with zero attached hydrogens (tertiary/aromatic N) is 1. The van der Waals surface area contributed by atoms with Crippen LogP contribution in [-0.4, -0.2) is 34.6 Å². The average molecular weight is 681 g/mol. The molecular formula is C29H18Cl2F3N3O5S2. The van der Waals surface area contributed by atoms with Gasteiger partial charge in [-0.1, -0.05) is 64.5 Å². The number of carbonyl (C=O) groups is 3. The number of hydrogen-bond donors (Lipinski definition) is 2. The van der Waals surface area contributed by atoms with Gasteiger partial charge in [-0.25, -0.2) is 4.90 Å². The molecule has 3 heterocycles. The molecule has 2 aliphatic heterocycles. The molecule has 44 heavy (non-hydrogen) atoms. The van der Waals surface area contributed by atoms with Crippen molar-refractivity contribution in [2.45, 2.75) is 22.4 Å². The summed E-state index contributed by atoms with van der Waals surface area (Å²) >= 11 is 13.8. The number of ether oxygens (including phenoxy) is 1. The molecule has 0 aliphatic carbocycles. The molecule has 1 aromatic heterocycles. The van der Waals surface area contributed by atoms with Crippen molar-refractivity contribution in [1.82, 2.24) is 4.98 Å². The van der Waals surface area contributed by atoms with Gasteiger partial charge in [-0.3, -0.25) is 19.2 Å². The number of anilines is 2. The number of benzene rings is 3. The number of imide groups is 1.